The molecule has 0 radical (unpaired) electrons. The molecule has 6 heterocycles. The van der Waals surface area contributed by atoms with Crippen molar-refractivity contribution in [1.29, 1.82) is 0 Å². The number of unbranched alkanes of at least 4 members (excludes halogenated alkanes) is 1. The molecule has 1 N–H and O–H groups in total. The average Bonchev–Trinajstić information content (AvgIpc) is 3.24. The third kappa shape index (κ3) is 15.2. The van der Waals surface area contributed by atoms with Crippen molar-refractivity contribution in [2.75, 3.05) is 67.9 Å². The Morgan fingerprint density at radius 2 is 1.08 bits per heavy atom. The normalized spacial score (nSPS) is 16.4. The minimum absolute atomic E-state index is 0. The molecular weight excluding hydrogens is 867 g/mol. The molecule has 15 nitrogen and oxygen atoms in total. The number of anilines is 2. The quantitative estimate of drug-likeness (QED) is 0.117. The lowest BCUT2D eigenvalue weighted by atomic mass is 10.1. The van der Waals surface area contributed by atoms with Crippen LogP contribution in [0.25, 0.3) is 0 Å². The van der Waals surface area contributed by atoms with Gasteiger partial charge in [-0.05, 0) is 62.1 Å². The summed E-state index contributed by atoms with van der Waals surface area (Å²) in [6, 6.07) is 7.98. The van der Waals surface area contributed by atoms with Gasteiger partial charge >= 0.3 is 12.4 Å². The van der Waals surface area contributed by atoms with Crippen molar-refractivity contribution in [1.82, 2.24) is 38.5 Å². The summed E-state index contributed by atoms with van der Waals surface area (Å²) in [5.74, 6) is 1.76. The van der Waals surface area contributed by atoms with Crippen molar-refractivity contribution in [2.24, 2.45) is 0 Å². The Kier molecular flexibility index (Phi) is 18.1. The number of hydrogen-bond acceptors (Lipinski definition) is 13. The van der Waals surface area contributed by atoms with Gasteiger partial charge in [0, 0.05) is 109 Å². The molecule has 1 unspecified atom stereocenters. The molecule has 342 valence electrons. The van der Waals surface area contributed by atoms with E-state index in [0.717, 1.165) is 36.8 Å². The third-order valence-corrected chi connectivity index (χ3v) is 13.2. The second kappa shape index (κ2) is 22.5. The molecule has 0 bridgehead atoms. The Morgan fingerprint density at radius 3 is 1.50 bits per heavy atom. The molecule has 2 fully saturated rings. The van der Waals surface area contributed by atoms with Crippen molar-refractivity contribution >= 4 is 31.7 Å². The van der Waals surface area contributed by atoms with Gasteiger partial charge in [-0.2, -0.15) is 35.0 Å². The summed E-state index contributed by atoms with van der Waals surface area (Å²) < 4.78 is 129. The Morgan fingerprint density at radius 1 is 0.645 bits per heavy atom. The number of aryl methyl sites for hydroxylation is 2. The number of pyridine rings is 2. The first-order chi connectivity index (χ1) is 28.9. The number of nitrogens with zero attached hydrogens (tertiary/aromatic N) is 10. The summed E-state index contributed by atoms with van der Waals surface area (Å²) in [5.41, 5.74) is -1.64. The van der Waals surface area contributed by atoms with E-state index >= 15 is 0 Å². The fourth-order valence-electron chi connectivity index (χ4n) is 6.35. The van der Waals surface area contributed by atoms with E-state index in [2.05, 4.69) is 29.9 Å². The van der Waals surface area contributed by atoms with Crippen molar-refractivity contribution in [3.63, 3.8) is 0 Å². The van der Waals surface area contributed by atoms with Crippen LogP contribution < -0.4 is 9.80 Å². The Hall–Kier alpha value is -4.84. The standard InChI is InChI=1S/C19H24F3N5O3S.C19H22F3N5O2S.CH4.H2/c20-19(21,22)15-5-6-18(25-13-15)26-9-11-27(12-10-26)31(29,30)14-16(28)3-1-4-17-23-7-2-8-24-17;20-19(21,22)16-6-7-18(25-15-16)26-10-12-27(13-11-26)30(28,29)14-3-1-2-5-17-23-8-4-9-24-17;;/h2,5-8,13,16,28H,1,3-4,9-12,14H2;3-4,6-9,14-15H,1-2,5,10-13H2;1H4;1H/b;14-3+;;/i;;;1+1. The molecule has 1 atom stereocenters. The molecule has 2 saturated heterocycles. The summed E-state index contributed by atoms with van der Waals surface area (Å²) in [5, 5.41) is 11.4. The fraction of sp³-hybridized carbons (Fsp3) is 0.487. The van der Waals surface area contributed by atoms with Crippen LogP contribution in [-0.4, -0.2) is 125 Å². The van der Waals surface area contributed by atoms with Crippen LogP contribution in [0.4, 0.5) is 38.0 Å². The maximum absolute atomic E-state index is 12.7. The van der Waals surface area contributed by atoms with E-state index in [-0.39, 0.29) is 40.8 Å². The van der Waals surface area contributed by atoms with E-state index in [1.807, 2.05) is 0 Å². The first kappa shape index (κ1) is 49.8. The maximum Gasteiger partial charge on any atom is 0.417 e. The lowest BCUT2D eigenvalue weighted by Gasteiger charge is -2.35. The van der Waals surface area contributed by atoms with Crippen LogP contribution in [-0.2, 0) is 45.2 Å². The van der Waals surface area contributed by atoms with Crippen molar-refractivity contribution in [2.45, 2.75) is 64.4 Å². The lowest BCUT2D eigenvalue weighted by Crippen LogP contribution is -2.50. The molecule has 2 aliphatic rings. The molecule has 62 heavy (non-hydrogen) atoms. The zero-order valence-corrected chi connectivity index (χ0v) is 34.5. The first-order valence-corrected chi connectivity index (χ1v) is 22.4. The number of allylic oxidation sites excluding steroid dienone is 1. The van der Waals surface area contributed by atoms with Crippen molar-refractivity contribution in [3.05, 3.63) is 108 Å². The zero-order valence-electron chi connectivity index (χ0n) is 32.9. The van der Waals surface area contributed by atoms with Gasteiger partial charge in [-0.1, -0.05) is 13.5 Å². The predicted octanol–water partition coefficient (Wildman–Crippen LogP) is 5.49. The van der Waals surface area contributed by atoms with Crippen LogP contribution in [0, 0.1) is 0 Å². The monoisotopic (exact) mass is 919 g/mol. The Balaban J connectivity index is 0.000000325. The number of piperazine rings is 2. The molecule has 4 aromatic heterocycles. The average molecular weight is 920 g/mol. The van der Waals surface area contributed by atoms with Crippen molar-refractivity contribution < 1.29 is 49.7 Å². The van der Waals surface area contributed by atoms with Crippen LogP contribution >= 0.6 is 0 Å². The van der Waals surface area contributed by atoms with Gasteiger partial charge in [0.2, 0.25) is 20.0 Å². The molecule has 0 aromatic carbocycles. The highest BCUT2D eigenvalue weighted by Crippen LogP contribution is 2.31. The van der Waals surface area contributed by atoms with E-state index in [0.29, 0.717) is 75.7 Å². The summed E-state index contributed by atoms with van der Waals surface area (Å²) >= 11 is 0. The topological polar surface area (TPSA) is 179 Å². The molecule has 0 aliphatic carbocycles. The molecule has 2 aliphatic heterocycles. The number of sulfonamides is 2. The van der Waals surface area contributed by atoms with Crippen molar-refractivity contribution in [3.8, 4) is 0 Å². The molecule has 0 amide bonds. The number of hydrogen-bond donors (Lipinski definition) is 1. The van der Waals surface area contributed by atoms with Gasteiger partial charge in [0.1, 0.15) is 23.3 Å². The number of aromatic nitrogens is 6. The Bertz CT molecular complexity index is 2200. The third-order valence-electron chi connectivity index (χ3n) is 9.65. The van der Waals surface area contributed by atoms with Gasteiger partial charge in [-0.25, -0.2) is 46.7 Å². The maximum atomic E-state index is 12.7. The van der Waals surface area contributed by atoms with Gasteiger partial charge in [-0.15, -0.1) is 0 Å². The van der Waals surface area contributed by atoms with E-state index in [1.54, 1.807) is 52.8 Å². The fourth-order valence-corrected chi connectivity index (χ4v) is 9.16. The highest BCUT2D eigenvalue weighted by atomic mass is 32.2. The van der Waals surface area contributed by atoms with E-state index in [9.17, 15) is 48.3 Å². The number of aliphatic hydroxyl groups is 1. The molecule has 0 saturated carbocycles. The second-order valence-corrected chi connectivity index (χ2v) is 17.9. The number of rotatable bonds is 15. The molecule has 6 rings (SSSR count). The van der Waals surface area contributed by atoms with Crippen LogP contribution in [0.5, 0.6) is 0 Å². The Labute approximate surface area is 359 Å². The summed E-state index contributed by atoms with van der Waals surface area (Å²) in [4.78, 5) is 27.6. The van der Waals surface area contributed by atoms with Crippen LogP contribution in [0.3, 0.4) is 0 Å². The van der Waals surface area contributed by atoms with Gasteiger partial charge < -0.3 is 14.9 Å². The summed E-state index contributed by atoms with van der Waals surface area (Å²) in [6.07, 6.45) is 3.34. The first-order valence-electron chi connectivity index (χ1n) is 19.3. The molecule has 23 heteroatoms. The van der Waals surface area contributed by atoms with Gasteiger partial charge in [0.15, 0.2) is 0 Å². The largest absolute Gasteiger partial charge is 0.417 e. The minimum atomic E-state index is -4.45. The van der Waals surface area contributed by atoms with Gasteiger partial charge in [0.25, 0.3) is 0 Å². The van der Waals surface area contributed by atoms with Crippen LogP contribution in [0.15, 0.2) is 85.1 Å². The number of halogens is 6. The molecule has 4 aromatic rings. The predicted molar refractivity (Wildman–Crippen MR) is 223 cm³/mol. The molecule has 0 spiro atoms. The summed E-state index contributed by atoms with van der Waals surface area (Å²) in [6.45, 7) is 2.16. The summed E-state index contributed by atoms with van der Waals surface area (Å²) in [7, 11) is -7.19. The smallest absolute Gasteiger partial charge is 0.392 e. The highest BCUT2D eigenvalue weighted by molar-refractivity contribution is 7.92. The highest BCUT2D eigenvalue weighted by Gasteiger charge is 2.33. The SMILES string of the molecule is C.O=S(=O)(/C=C/CCCc1ncccn1)N1CCN(c2ccc(C(F)(F)F)cn2)CC1.O=S(=O)(CC(O)CCCc1ncccn1)N1CCN(c2ccc(C(F)(F)F)cn2)CC1.[2HH]. The van der Waals surface area contributed by atoms with E-state index < -0.39 is 49.6 Å². The van der Waals surface area contributed by atoms with Gasteiger partial charge in [0.05, 0.1) is 23.0 Å². The number of aliphatic hydroxyl groups excluding tert-OH is 1. The zero-order chi connectivity index (χ0) is 44.1. The lowest BCUT2D eigenvalue weighted by molar-refractivity contribution is -0.138. The molecular formula is C39H52F6N10O5S2. The van der Waals surface area contributed by atoms with Crippen LogP contribution in [0.1, 0.15) is 57.3 Å². The van der Waals surface area contributed by atoms with Crippen LogP contribution in [0.2, 0.25) is 0 Å². The minimum Gasteiger partial charge on any atom is -0.392 e. The van der Waals surface area contributed by atoms with Gasteiger partial charge in [-0.3, -0.25) is 0 Å². The second-order valence-electron chi connectivity index (χ2n) is 14.0. The number of alkyl halides is 6. The van der Waals surface area contributed by atoms with E-state index in [1.165, 1.54) is 26.2 Å². The van der Waals surface area contributed by atoms with E-state index in [4.69, 9.17) is 0 Å².